The van der Waals surface area contributed by atoms with Crippen LogP contribution in [0.15, 0.2) is 0 Å². The second kappa shape index (κ2) is 5.37. The smallest absolute Gasteiger partial charge is 0.0380 e. The minimum absolute atomic E-state index is 0.477. The molecule has 0 rings (SSSR count). The van der Waals surface area contributed by atoms with Crippen molar-refractivity contribution in [2.45, 2.75) is 74.7 Å². The summed E-state index contributed by atoms with van der Waals surface area (Å²) >= 11 is 0. The first kappa shape index (κ1) is 15.0. The molecule has 0 aromatic heterocycles. The largest absolute Gasteiger partial charge is 0.0651 e. The zero-order valence-electron chi connectivity index (χ0n) is 12.3. The van der Waals surface area contributed by atoms with Gasteiger partial charge in [-0.1, -0.05) is 61.8 Å². The predicted octanol–water partition coefficient (Wildman–Crippen LogP) is 5.52. The standard InChI is InChI=1S/C15H32/c1-9-13(11-15(6,7)8)12(2)10-14(3,4)5/h12-13H,9-11H2,1-8H3. The first-order valence-corrected chi connectivity index (χ1v) is 6.55. The Balaban J connectivity index is 4.29. The van der Waals surface area contributed by atoms with Crippen LogP contribution in [-0.4, -0.2) is 0 Å². The van der Waals surface area contributed by atoms with Crippen LogP contribution in [0.1, 0.15) is 74.7 Å². The van der Waals surface area contributed by atoms with Gasteiger partial charge in [0.15, 0.2) is 0 Å². The van der Waals surface area contributed by atoms with Crippen molar-refractivity contribution in [2.75, 3.05) is 0 Å². The molecule has 0 saturated carbocycles. The number of rotatable bonds is 4. The summed E-state index contributed by atoms with van der Waals surface area (Å²) < 4.78 is 0. The Labute approximate surface area is 97.8 Å². The fraction of sp³-hybridized carbons (Fsp3) is 1.00. The Morgan fingerprint density at radius 3 is 1.47 bits per heavy atom. The van der Waals surface area contributed by atoms with Crippen molar-refractivity contribution in [1.29, 1.82) is 0 Å². The molecule has 0 saturated heterocycles. The SMILES string of the molecule is CCC(CC(C)(C)C)C(C)CC(C)(C)C. The Morgan fingerprint density at radius 1 is 0.800 bits per heavy atom. The van der Waals surface area contributed by atoms with Crippen molar-refractivity contribution in [3.8, 4) is 0 Å². The van der Waals surface area contributed by atoms with Crippen LogP contribution in [0.25, 0.3) is 0 Å². The van der Waals surface area contributed by atoms with Crippen LogP contribution in [-0.2, 0) is 0 Å². The molecule has 0 heterocycles. The molecule has 0 aromatic rings. The van der Waals surface area contributed by atoms with Gasteiger partial charge in [-0.05, 0) is 35.5 Å². The number of hydrogen-bond acceptors (Lipinski definition) is 0. The summed E-state index contributed by atoms with van der Waals surface area (Å²) in [4.78, 5) is 0. The lowest BCUT2D eigenvalue weighted by Gasteiger charge is -2.33. The van der Waals surface area contributed by atoms with Gasteiger partial charge in [0.1, 0.15) is 0 Å². The van der Waals surface area contributed by atoms with E-state index in [4.69, 9.17) is 0 Å². The highest BCUT2D eigenvalue weighted by Crippen LogP contribution is 2.36. The monoisotopic (exact) mass is 212 g/mol. The molecule has 0 aliphatic rings. The molecule has 0 N–H and O–H groups in total. The Hall–Kier alpha value is 0. The Bertz CT molecular complexity index is 165. The van der Waals surface area contributed by atoms with E-state index in [-0.39, 0.29) is 0 Å². The fourth-order valence-electron chi connectivity index (χ4n) is 2.67. The second-order valence-electron chi connectivity index (χ2n) is 7.68. The van der Waals surface area contributed by atoms with Crippen molar-refractivity contribution in [3.63, 3.8) is 0 Å². The van der Waals surface area contributed by atoms with Gasteiger partial charge in [0, 0.05) is 0 Å². The molecule has 0 radical (unpaired) electrons. The minimum Gasteiger partial charge on any atom is -0.0651 e. The van der Waals surface area contributed by atoms with Crippen molar-refractivity contribution in [3.05, 3.63) is 0 Å². The topological polar surface area (TPSA) is 0 Å². The highest BCUT2D eigenvalue weighted by atomic mass is 14.3. The molecule has 15 heavy (non-hydrogen) atoms. The molecular formula is C15H32. The third kappa shape index (κ3) is 7.88. The molecule has 92 valence electrons. The third-order valence-electron chi connectivity index (χ3n) is 3.14. The predicted molar refractivity (Wildman–Crippen MR) is 71.1 cm³/mol. The van der Waals surface area contributed by atoms with E-state index in [9.17, 15) is 0 Å². The molecule has 0 aliphatic heterocycles. The summed E-state index contributed by atoms with van der Waals surface area (Å²) in [5, 5.41) is 0. The maximum atomic E-state index is 2.44. The molecule has 0 nitrogen and oxygen atoms in total. The molecule has 2 unspecified atom stereocenters. The molecule has 0 bridgehead atoms. The lowest BCUT2D eigenvalue weighted by molar-refractivity contribution is 0.179. The van der Waals surface area contributed by atoms with E-state index in [0.717, 1.165) is 11.8 Å². The van der Waals surface area contributed by atoms with E-state index in [1.54, 1.807) is 0 Å². The first-order chi connectivity index (χ1) is 6.55. The molecule has 0 aromatic carbocycles. The van der Waals surface area contributed by atoms with Crippen LogP contribution in [0.5, 0.6) is 0 Å². The summed E-state index contributed by atoms with van der Waals surface area (Å²) in [6, 6.07) is 0. The summed E-state index contributed by atoms with van der Waals surface area (Å²) in [7, 11) is 0. The Kier molecular flexibility index (Phi) is 5.37. The average Bonchev–Trinajstić information content (AvgIpc) is 1.94. The van der Waals surface area contributed by atoms with Crippen molar-refractivity contribution >= 4 is 0 Å². The average molecular weight is 212 g/mol. The lowest BCUT2D eigenvalue weighted by Crippen LogP contribution is -2.22. The van der Waals surface area contributed by atoms with E-state index in [2.05, 4.69) is 55.4 Å². The van der Waals surface area contributed by atoms with Crippen LogP contribution >= 0.6 is 0 Å². The summed E-state index contributed by atoms with van der Waals surface area (Å²) in [6.45, 7) is 18.9. The van der Waals surface area contributed by atoms with Crippen molar-refractivity contribution < 1.29 is 0 Å². The van der Waals surface area contributed by atoms with Crippen LogP contribution in [0.4, 0.5) is 0 Å². The van der Waals surface area contributed by atoms with E-state index in [1.807, 2.05) is 0 Å². The fourth-order valence-corrected chi connectivity index (χ4v) is 2.67. The van der Waals surface area contributed by atoms with Gasteiger partial charge in [-0.2, -0.15) is 0 Å². The summed E-state index contributed by atoms with van der Waals surface area (Å²) in [5.41, 5.74) is 0.956. The number of hydrogen-bond donors (Lipinski definition) is 0. The Morgan fingerprint density at radius 2 is 1.20 bits per heavy atom. The van der Waals surface area contributed by atoms with Crippen LogP contribution in [0, 0.1) is 22.7 Å². The molecule has 0 aliphatic carbocycles. The lowest BCUT2D eigenvalue weighted by atomic mass is 9.73. The molecule has 0 spiro atoms. The third-order valence-corrected chi connectivity index (χ3v) is 3.14. The quantitative estimate of drug-likeness (QED) is 0.575. The van der Waals surface area contributed by atoms with Gasteiger partial charge in [0.2, 0.25) is 0 Å². The molecule has 0 heteroatoms. The maximum Gasteiger partial charge on any atom is -0.0380 e. The second-order valence-corrected chi connectivity index (χ2v) is 7.68. The highest BCUT2D eigenvalue weighted by molar-refractivity contribution is 4.76. The van der Waals surface area contributed by atoms with E-state index >= 15 is 0 Å². The van der Waals surface area contributed by atoms with Crippen LogP contribution < -0.4 is 0 Å². The zero-order chi connectivity index (χ0) is 12.3. The van der Waals surface area contributed by atoms with E-state index in [0.29, 0.717) is 10.8 Å². The van der Waals surface area contributed by atoms with Crippen molar-refractivity contribution in [1.82, 2.24) is 0 Å². The minimum atomic E-state index is 0.477. The van der Waals surface area contributed by atoms with Gasteiger partial charge in [-0.3, -0.25) is 0 Å². The molecular weight excluding hydrogens is 180 g/mol. The molecule has 0 fully saturated rings. The normalized spacial score (nSPS) is 17.6. The van der Waals surface area contributed by atoms with Gasteiger partial charge in [-0.25, -0.2) is 0 Å². The highest BCUT2D eigenvalue weighted by Gasteiger charge is 2.25. The maximum absolute atomic E-state index is 2.44. The van der Waals surface area contributed by atoms with Crippen molar-refractivity contribution in [2.24, 2.45) is 22.7 Å². The van der Waals surface area contributed by atoms with Crippen LogP contribution in [0.3, 0.4) is 0 Å². The molecule has 0 amide bonds. The van der Waals surface area contributed by atoms with E-state index < -0.39 is 0 Å². The zero-order valence-corrected chi connectivity index (χ0v) is 12.3. The van der Waals surface area contributed by atoms with Crippen LogP contribution in [0.2, 0.25) is 0 Å². The summed E-state index contributed by atoms with van der Waals surface area (Å²) in [5.74, 6) is 1.75. The van der Waals surface area contributed by atoms with Gasteiger partial charge in [0.25, 0.3) is 0 Å². The van der Waals surface area contributed by atoms with Gasteiger partial charge in [0.05, 0.1) is 0 Å². The van der Waals surface area contributed by atoms with Gasteiger partial charge < -0.3 is 0 Å². The summed E-state index contributed by atoms with van der Waals surface area (Å²) in [6.07, 6.45) is 4.04. The first-order valence-electron chi connectivity index (χ1n) is 6.55. The van der Waals surface area contributed by atoms with E-state index in [1.165, 1.54) is 19.3 Å². The van der Waals surface area contributed by atoms with Gasteiger partial charge >= 0.3 is 0 Å². The van der Waals surface area contributed by atoms with Gasteiger partial charge in [-0.15, -0.1) is 0 Å². The molecule has 2 atom stereocenters.